The van der Waals surface area contributed by atoms with Crippen molar-refractivity contribution in [3.8, 4) is 0 Å². The van der Waals surface area contributed by atoms with Gasteiger partial charge in [-0.1, -0.05) is 13.8 Å². The van der Waals surface area contributed by atoms with Gasteiger partial charge < -0.3 is 15.6 Å². The Morgan fingerprint density at radius 2 is 2.06 bits per heavy atom. The second-order valence-corrected chi connectivity index (χ2v) is 5.12. The van der Waals surface area contributed by atoms with Crippen molar-refractivity contribution in [2.75, 3.05) is 18.0 Å². The summed E-state index contributed by atoms with van der Waals surface area (Å²) >= 11 is 0. The fourth-order valence-corrected chi connectivity index (χ4v) is 2.26. The molecule has 2 heterocycles. The zero-order chi connectivity index (χ0) is 12.4. The number of nitrogens with one attached hydrogen (secondary N) is 1. The van der Waals surface area contributed by atoms with Crippen LogP contribution in [0.3, 0.4) is 0 Å². The number of rotatable bonds is 2. The van der Waals surface area contributed by atoms with Gasteiger partial charge in [0.15, 0.2) is 0 Å². The molecular formula is C13H21N3O. The maximum atomic E-state index is 11.7. The molecule has 1 saturated heterocycles. The maximum absolute atomic E-state index is 11.7. The maximum Gasteiger partial charge on any atom is 0.251 e. The molecule has 4 heteroatoms. The van der Waals surface area contributed by atoms with Crippen molar-refractivity contribution < 1.29 is 0 Å². The smallest absolute Gasteiger partial charge is 0.251 e. The van der Waals surface area contributed by atoms with E-state index < -0.39 is 0 Å². The van der Waals surface area contributed by atoms with E-state index in [-0.39, 0.29) is 11.5 Å². The van der Waals surface area contributed by atoms with Crippen LogP contribution in [-0.4, -0.2) is 24.1 Å². The van der Waals surface area contributed by atoms with Gasteiger partial charge in [0.2, 0.25) is 0 Å². The first kappa shape index (κ1) is 12.2. The van der Waals surface area contributed by atoms with Crippen LogP contribution in [0.2, 0.25) is 0 Å². The van der Waals surface area contributed by atoms with Gasteiger partial charge in [0.05, 0.1) is 5.69 Å². The molecule has 1 aliphatic heterocycles. The molecule has 4 nitrogen and oxygen atoms in total. The van der Waals surface area contributed by atoms with Crippen LogP contribution in [0, 0.1) is 0 Å². The molecule has 3 N–H and O–H groups in total. The summed E-state index contributed by atoms with van der Waals surface area (Å²) in [7, 11) is 0. The van der Waals surface area contributed by atoms with Crippen molar-refractivity contribution in [1.29, 1.82) is 0 Å². The largest absolute Gasteiger partial charge is 0.370 e. The average molecular weight is 235 g/mol. The summed E-state index contributed by atoms with van der Waals surface area (Å²) in [6.07, 6.45) is 3.86. The zero-order valence-corrected chi connectivity index (χ0v) is 10.6. The van der Waals surface area contributed by atoms with Crippen LogP contribution in [0.25, 0.3) is 0 Å². The van der Waals surface area contributed by atoms with Crippen LogP contribution in [0.1, 0.15) is 38.2 Å². The Bertz CT molecular complexity index is 431. The van der Waals surface area contributed by atoms with Crippen LogP contribution in [0.5, 0.6) is 0 Å². The Morgan fingerprint density at radius 1 is 1.41 bits per heavy atom. The number of piperidine rings is 1. The fraction of sp³-hybridized carbons (Fsp3) is 0.615. The first-order valence-electron chi connectivity index (χ1n) is 6.31. The van der Waals surface area contributed by atoms with Gasteiger partial charge in [0.25, 0.3) is 5.56 Å². The number of pyridine rings is 1. The van der Waals surface area contributed by atoms with Crippen molar-refractivity contribution in [1.82, 2.24) is 4.98 Å². The molecule has 17 heavy (non-hydrogen) atoms. The molecule has 1 aliphatic rings. The van der Waals surface area contributed by atoms with Crippen molar-refractivity contribution >= 4 is 5.69 Å². The molecule has 94 valence electrons. The Hall–Kier alpha value is -1.29. The summed E-state index contributed by atoms with van der Waals surface area (Å²) in [5, 5.41) is 0. The first-order valence-corrected chi connectivity index (χ1v) is 6.31. The molecule has 0 bridgehead atoms. The second-order valence-electron chi connectivity index (χ2n) is 5.12. The minimum Gasteiger partial charge on any atom is -0.370 e. The highest BCUT2D eigenvalue weighted by Gasteiger charge is 2.17. The van der Waals surface area contributed by atoms with E-state index in [1.807, 2.05) is 26.1 Å². The number of anilines is 1. The van der Waals surface area contributed by atoms with Gasteiger partial charge >= 0.3 is 0 Å². The third kappa shape index (κ3) is 2.69. The van der Waals surface area contributed by atoms with Gasteiger partial charge in [-0.2, -0.15) is 0 Å². The molecule has 0 aliphatic carbocycles. The number of nitrogens with zero attached hydrogens (tertiary/aromatic N) is 1. The Labute approximate surface area is 102 Å². The number of H-pyrrole nitrogens is 1. The van der Waals surface area contributed by atoms with Crippen LogP contribution >= 0.6 is 0 Å². The summed E-state index contributed by atoms with van der Waals surface area (Å²) in [4.78, 5) is 16.8. The Kier molecular flexibility index (Phi) is 3.52. The van der Waals surface area contributed by atoms with E-state index in [1.54, 1.807) is 0 Å². The van der Waals surface area contributed by atoms with Crippen LogP contribution in [-0.2, 0) is 0 Å². The average Bonchev–Trinajstić information content (AvgIpc) is 2.30. The number of hydrogen-bond acceptors (Lipinski definition) is 3. The van der Waals surface area contributed by atoms with Crippen molar-refractivity contribution in [3.05, 3.63) is 28.2 Å². The summed E-state index contributed by atoms with van der Waals surface area (Å²) < 4.78 is 0. The molecule has 0 atom stereocenters. The van der Waals surface area contributed by atoms with E-state index in [0.717, 1.165) is 37.2 Å². The Morgan fingerprint density at radius 3 is 2.65 bits per heavy atom. The molecule has 0 saturated carbocycles. The van der Waals surface area contributed by atoms with E-state index >= 15 is 0 Å². The number of aromatic amines is 1. The lowest BCUT2D eigenvalue weighted by Gasteiger charge is -2.32. The highest BCUT2D eigenvalue weighted by molar-refractivity contribution is 5.47. The molecule has 0 amide bonds. The molecule has 0 unspecified atom stereocenters. The summed E-state index contributed by atoms with van der Waals surface area (Å²) in [5.74, 6) is 0.255. The first-order chi connectivity index (χ1) is 8.08. The highest BCUT2D eigenvalue weighted by Crippen LogP contribution is 2.20. The molecule has 1 aromatic heterocycles. The van der Waals surface area contributed by atoms with E-state index in [2.05, 4.69) is 9.88 Å². The van der Waals surface area contributed by atoms with Crippen molar-refractivity contribution in [2.24, 2.45) is 5.73 Å². The minimum absolute atomic E-state index is 0.0254. The molecule has 0 spiro atoms. The van der Waals surface area contributed by atoms with Gasteiger partial charge in [-0.15, -0.1) is 0 Å². The third-order valence-corrected chi connectivity index (χ3v) is 3.44. The molecule has 0 radical (unpaired) electrons. The molecule has 0 aromatic carbocycles. The fourth-order valence-electron chi connectivity index (χ4n) is 2.26. The van der Waals surface area contributed by atoms with Gasteiger partial charge in [-0.3, -0.25) is 4.79 Å². The lowest BCUT2D eigenvalue weighted by molar-refractivity contribution is 0.501. The molecule has 1 fully saturated rings. The SMILES string of the molecule is CC(C)c1cc(N2CCC(N)CC2)c[nH]c1=O. The van der Waals surface area contributed by atoms with Crippen molar-refractivity contribution in [3.63, 3.8) is 0 Å². The third-order valence-electron chi connectivity index (χ3n) is 3.44. The van der Waals surface area contributed by atoms with E-state index in [9.17, 15) is 4.79 Å². The summed E-state index contributed by atoms with van der Waals surface area (Å²) in [5.41, 5.74) is 7.89. The topological polar surface area (TPSA) is 62.1 Å². The Balaban J connectivity index is 2.22. The molecular weight excluding hydrogens is 214 g/mol. The van der Waals surface area contributed by atoms with Gasteiger partial charge in [-0.05, 0) is 24.8 Å². The summed E-state index contributed by atoms with van der Waals surface area (Å²) in [6, 6.07) is 2.35. The van der Waals surface area contributed by atoms with Gasteiger partial charge in [0, 0.05) is 30.9 Å². The van der Waals surface area contributed by atoms with Crippen molar-refractivity contribution in [2.45, 2.75) is 38.6 Å². The number of hydrogen-bond donors (Lipinski definition) is 2. The number of nitrogens with two attached hydrogens (primary N) is 1. The predicted molar refractivity (Wildman–Crippen MR) is 70.6 cm³/mol. The lowest BCUT2D eigenvalue weighted by Crippen LogP contribution is -2.40. The molecule has 1 aromatic rings. The van der Waals surface area contributed by atoms with E-state index in [1.165, 1.54) is 0 Å². The quantitative estimate of drug-likeness (QED) is 0.815. The van der Waals surface area contributed by atoms with E-state index in [4.69, 9.17) is 5.73 Å². The summed E-state index contributed by atoms with van der Waals surface area (Å²) in [6.45, 7) is 6.04. The molecule has 2 rings (SSSR count). The van der Waals surface area contributed by atoms with Gasteiger partial charge in [0.1, 0.15) is 0 Å². The van der Waals surface area contributed by atoms with Gasteiger partial charge in [-0.25, -0.2) is 0 Å². The lowest BCUT2D eigenvalue weighted by atomic mass is 10.0. The van der Waals surface area contributed by atoms with Crippen LogP contribution in [0.15, 0.2) is 17.1 Å². The van der Waals surface area contributed by atoms with Crippen LogP contribution in [0.4, 0.5) is 5.69 Å². The highest BCUT2D eigenvalue weighted by atomic mass is 16.1. The normalized spacial score (nSPS) is 17.8. The minimum atomic E-state index is 0.0254. The zero-order valence-electron chi connectivity index (χ0n) is 10.6. The second kappa shape index (κ2) is 4.92. The predicted octanol–water partition coefficient (Wildman–Crippen LogP) is 1.43. The van der Waals surface area contributed by atoms with Crippen LogP contribution < -0.4 is 16.2 Å². The monoisotopic (exact) mass is 235 g/mol. The number of aromatic nitrogens is 1. The standard InChI is InChI=1S/C13H21N3O/c1-9(2)12-7-11(8-15-13(12)17)16-5-3-10(14)4-6-16/h7-10H,3-6,14H2,1-2H3,(H,15,17). The van der Waals surface area contributed by atoms with E-state index in [0.29, 0.717) is 6.04 Å².